The summed E-state index contributed by atoms with van der Waals surface area (Å²) in [7, 11) is 3.98. The number of rotatable bonds is 4. The van der Waals surface area contributed by atoms with Crippen LogP contribution in [0, 0.1) is 0 Å². The van der Waals surface area contributed by atoms with Gasteiger partial charge in [0, 0.05) is 18.4 Å². The summed E-state index contributed by atoms with van der Waals surface area (Å²) >= 11 is 0. The van der Waals surface area contributed by atoms with Crippen LogP contribution >= 0.6 is 0 Å². The molecule has 1 aromatic carbocycles. The van der Waals surface area contributed by atoms with Crippen molar-refractivity contribution in [2.24, 2.45) is 0 Å². The Hall–Kier alpha value is -2.40. The van der Waals surface area contributed by atoms with Gasteiger partial charge in [0.05, 0.1) is 11.8 Å². The van der Waals surface area contributed by atoms with E-state index in [0.29, 0.717) is 5.56 Å². The lowest BCUT2D eigenvalue weighted by atomic mass is 10.2. The molecule has 0 unspecified atom stereocenters. The smallest absolute Gasteiger partial charge is 0.257 e. The summed E-state index contributed by atoms with van der Waals surface area (Å²) in [6.45, 7) is 0.803. The quantitative estimate of drug-likeness (QED) is 0.893. The van der Waals surface area contributed by atoms with Crippen LogP contribution in [0.2, 0.25) is 0 Å². The van der Waals surface area contributed by atoms with Gasteiger partial charge in [0.2, 0.25) is 0 Å². The lowest BCUT2D eigenvalue weighted by Crippen LogP contribution is -2.13. The van der Waals surface area contributed by atoms with Crippen molar-refractivity contribution in [1.82, 2.24) is 9.88 Å². The molecule has 0 radical (unpaired) electrons. The molecule has 20 heavy (non-hydrogen) atoms. The number of aromatic nitrogens is 1. The summed E-state index contributed by atoms with van der Waals surface area (Å²) in [5.74, 6) is -0.325. The van der Waals surface area contributed by atoms with E-state index in [1.54, 1.807) is 0 Å². The van der Waals surface area contributed by atoms with Gasteiger partial charge in [-0.2, -0.15) is 0 Å². The lowest BCUT2D eigenvalue weighted by molar-refractivity contribution is 0.102. The van der Waals surface area contributed by atoms with Crippen LogP contribution in [0.25, 0.3) is 0 Å². The monoisotopic (exact) mass is 271 g/mol. The Bertz CT molecular complexity index is 612. The molecule has 0 atom stereocenters. The molecule has 1 aromatic heterocycles. The molecular weight excluding hydrogens is 254 g/mol. The number of benzene rings is 1. The minimum absolute atomic E-state index is 0.0287. The van der Waals surface area contributed by atoms with Gasteiger partial charge in [0.1, 0.15) is 5.75 Å². The Kier molecular flexibility index (Phi) is 4.32. The highest BCUT2D eigenvalue weighted by atomic mass is 16.3. The first-order valence-corrected chi connectivity index (χ1v) is 6.23. The van der Waals surface area contributed by atoms with Gasteiger partial charge in [-0.25, -0.2) is 0 Å². The van der Waals surface area contributed by atoms with Gasteiger partial charge in [0.15, 0.2) is 0 Å². The lowest BCUT2D eigenvalue weighted by Gasteiger charge is -2.11. The molecule has 5 nitrogen and oxygen atoms in total. The molecule has 0 saturated heterocycles. The van der Waals surface area contributed by atoms with E-state index < -0.39 is 0 Å². The minimum Gasteiger partial charge on any atom is -0.506 e. The summed E-state index contributed by atoms with van der Waals surface area (Å²) in [6.07, 6.45) is 2.70. The average Bonchev–Trinajstić information content (AvgIpc) is 2.38. The molecule has 0 aliphatic rings. The molecule has 1 amide bonds. The summed E-state index contributed by atoms with van der Waals surface area (Å²) in [5.41, 5.74) is 2.16. The first kappa shape index (κ1) is 14.0. The van der Waals surface area contributed by atoms with E-state index in [0.717, 1.165) is 17.8 Å². The summed E-state index contributed by atoms with van der Waals surface area (Å²) < 4.78 is 0. The maximum atomic E-state index is 12.0. The molecule has 0 aliphatic heterocycles. The van der Waals surface area contributed by atoms with Gasteiger partial charge < -0.3 is 15.3 Å². The largest absolute Gasteiger partial charge is 0.506 e. The highest BCUT2D eigenvalue weighted by Crippen LogP contribution is 2.14. The number of amides is 1. The van der Waals surface area contributed by atoms with Crippen LogP contribution in [-0.2, 0) is 6.54 Å². The van der Waals surface area contributed by atoms with E-state index in [1.807, 2.05) is 38.4 Å². The normalized spacial score (nSPS) is 10.6. The number of nitrogens with zero attached hydrogens (tertiary/aromatic N) is 2. The Balaban J connectivity index is 2.11. The van der Waals surface area contributed by atoms with Gasteiger partial charge in [-0.15, -0.1) is 0 Å². The molecule has 104 valence electrons. The summed E-state index contributed by atoms with van der Waals surface area (Å²) in [5, 5.41) is 12.1. The number of aromatic hydroxyl groups is 1. The standard InChI is InChI=1S/C15H17N3O2/c1-18(2)10-11-4-3-5-13(6-11)17-15(20)12-7-14(19)9-16-8-12/h3-9,19H,10H2,1-2H3,(H,17,20). The second-order valence-corrected chi connectivity index (χ2v) is 4.82. The van der Waals surface area contributed by atoms with Crippen molar-refractivity contribution in [3.8, 4) is 5.75 Å². The molecule has 1 heterocycles. The van der Waals surface area contributed by atoms with Crippen LogP contribution in [0.5, 0.6) is 5.75 Å². The Morgan fingerprint density at radius 1 is 1.30 bits per heavy atom. The topological polar surface area (TPSA) is 65.5 Å². The van der Waals surface area contributed by atoms with E-state index in [1.165, 1.54) is 18.5 Å². The molecule has 0 spiro atoms. The van der Waals surface area contributed by atoms with Crippen molar-refractivity contribution < 1.29 is 9.90 Å². The van der Waals surface area contributed by atoms with Gasteiger partial charge in [-0.05, 0) is 37.9 Å². The number of anilines is 1. The second kappa shape index (κ2) is 6.16. The van der Waals surface area contributed by atoms with Gasteiger partial charge in [0.25, 0.3) is 5.91 Å². The predicted molar refractivity (Wildman–Crippen MR) is 77.7 cm³/mol. The van der Waals surface area contributed by atoms with Crippen LogP contribution in [0.1, 0.15) is 15.9 Å². The SMILES string of the molecule is CN(C)Cc1cccc(NC(=O)c2cncc(O)c2)c1. The first-order valence-electron chi connectivity index (χ1n) is 6.23. The molecule has 0 saturated carbocycles. The van der Waals surface area contributed by atoms with Gasteiger partial charge in [-0.1, -0.05) is 12.1 Å². The maximum Gasteiger partial charge on any atom is 0.257 e. The highest BCUT2D eigenvalue weighted by molar-refractivity contribution is 6.04. The van der Waals surface area contributed by atoms with Crippen LogP contribution < -0.4 is 5.32 Å². The molecule has 0 bridgehead atoms. The fraction of sp³-hybridized carbons (Fsp3) is 0.200. The molecule has 5 heteroatoms. The molecule has 0 fully saturated rings. The van der Waals surface area contributed by atoms with Crippen LogP contribution in [0.4, 0.5) is 5.69 Å². The zero-order chi connectivity index (χ0) is 14.5. The molecule has 0 aliphatic carbocycles. The van der Waals surface area contributed by atoms with Crippen molar-refractivity contribution >= 4 is 11.6 Å². The number of pyridine rings is 1. The van der Waals surface area contributed by atoms with E-state index in [-0.39, 0.29) is 11.7 Å². The number of carbonyl (C=O) groups excluding carboxylic acids is 1. The first-order chi connectivity index (χ1) is 9.54. The minimum atomic E-state index is -0.296. The highest BCUT2D eigenvalue weighted by Gasteiger charge is 2.07. The number of hydrogen-bond acceptors (Lipinski definition) is 4. The predicted octanol–water partition coefficient (Wildman–Crippen LogP) is 2.10. The van der Waals surface area contributed by atoms with Crippen molar-refractivity contribution in [2.45, 2.75) is 6.54 Å². The van der Waals surface area contributed by atoms with Gasteiger partial charge >= 0.3 is 0 Å². The van der Waals surface area contributed by atoms with E-state index in [9.17, 15) is 9.90 Å². The molecular formula is C15H17N3O2. The fourth-order valence-electron chi connectivity index (χ4n) is 1.87. The van der Waals surface area contributed by atoms with E-state index >= 15 is 0 Å². The zero-order valence-corrected chi connectivity index (χ0v) is 11.5. The van der Waals surface area contributed by atoms with Crippen LogP contribution in [-0.4, -0.2) is 35.0 Å². The van der Waals surface area contributed by atoms with Crippen molar-refractivity contribution in [3.63, 3.8) is 0 Å². The number of nitrogens with one attached hydrogen (secondary N) is 1. The Morgan fingerprint density at radius 2 is 2.10 bits per heavy atom. The molecule has 2 N–H and O–H groups in total. The molecule has 2 aromatic rings. The third-order valence-electron chi connectivity index (χ3n) is 2.67. The third-order valence-corrected chi connectivity index (χ3v) is 2.67. The zero-order valence-electron chi connectivity index (χ0n) is 11.5. The maximum absolute atomic E-state index is 12.0. The number of hydrogen-bond donors (Lipinski definition) is 2. The fourth-order valence-corrected chi connectivity index (χ4v) is 1.87. The Labute approximate surface area is 117 Å². The summed E-state index contributed by atoms with van der Waals surface area (Å²) in [4.78, 5) is 17.9. The third kappa shape index (κ3) is 3.80. The average molecular weight is 271 g/mol. The summed E-state index contributed by atoms with van der Waals surface area (Å²) in [6, 6.07) is 9.04. The van der Waals surface area contributed by atoms with E-state index in [4.69, 9.17) is 0 Å². The van der Waals surface area contributed by atoms with E-state index in [2.05, 4.69) is 15.2 Å². The molecule has 2 rings (SSSR count). The second-order valence-electron chi connectivity index (χ2n) is 4.82. The van der Waals surface area contributed by atoms with Gasteiger partial charge in [-0.3, -0.25) is 9.78 Å². The van der Waals surface area contributed by atoms with Crippen LogP contribution in [0.15, 0.2) is 42.7 Å². The van der Waals surface area contributed by atoms with Crippen LogP contribution in [0.3, 0.4) is 0 Å². The number of carbonyl (C=O) groups is 1. The Morgan fingerprint density at radius 3 is 2.80 bits per heavy atom. The van der Waals surface area contributed by atoms with Crippen molar-refractivity contribution in [1.29, 1.82) is 0 Å². The van der Waals surface area contributed by atoms with Crippen molar-refractivity contribution in [2.75, 3.05) is 19.4 Å². The van der Waals surface area contributed by atoms with Crippen molar-refractivity contribution in [3.05, 3.63) is 53.9 Å².